The summed E-state index contributed by atoms with van der Waals surface area (Å²) < 4.78 is 10.5. The summed E-state index contributed by atoms with van der Waals surface area (Å²) in [7, 11) is 1.61. The number of carbonyl (C=O) groups excluding carboxylic acids is 1. The first-order valence-electron chi connectivity index (χ1n) is 6.61. The van der Waals surface area contributed by atoms with Crippen molar-refractivity contribution < 1.29 is 13.9 Å². The third-order valence-electron chi connectivity index (χ3n) is 2.97. The van der Waals surface area contributed by atoms with Crippen LogP contribution in [0.25, 0.3) is 0 Å². The van der Waals surface area contributed by atoms with Crippen LogP contribution in [0.1, 0.15) is 24.0 Å². The SMILES string of the molecule is COc1ccc(CC(=O)N/N=C(\C)c2ccc(C)o2)cc1. The molecule has 0 aliphatic heterocycles. The predicted molar refractivity (Wildman–Crippen MR) is 80.5 cm³/mol. The minimum Gasteiger partial charge on any atom is -0.497 e. The molecule has 0 atom stereocenters. The quantitative estimate of drug-likeness (QED) is 0.679. The Labute approximate surface area is 123 Å². The fourth-order valence-electron chi connectivity index (χ4n) is 1.80. The Bertz CT molecular complexity index is 642. The standard InChI is InChI=1S/C16H18N2O3/c1-11-4-9-15(21-11)12(2)17-18-16(19)10-13-5-7-14(20-3)8-6-13/h4-9H,10H2,1-3H3,(H,18,19)/b17-12+. The molecule has 1 aromatic heterocycles. The molecule has 110 valence electrons. The van der Waals surface area contributed by atoms with Crippen LogP contribution in [0.5, 0.6) is 5.75 Å². The average molecular weight is 286 g/mol. The fourth-order valence-corrected chi connectivity index (χ4v) is 1.80. The largest absolute Gasteiger partial charge is 0.497 e. The molecule has 21 heavy (non-hydrogen) atoms. The summed E-state index contributed by atoms with van der Waals surface area (Å²) in [6.07, 6.45) is 0.262. The summed E-state index contributed by atoms with van der Waals surface area (Å²) in [5, 5.41) is 4.04. The van der Waals surface area contributed by atoms with E-state index in [1.807, 2.05) is 43.3 Å². The van der Waals surface area contributed by atoms with Gasteiger partial charge in [0.1, 0.15) is 23.0 Å². The number of hydrogen-bond acceptors (Lipinski definition) is 4. The van der Waals surface area contributed by atoms with Crippen molar-refractivity contribution in [1.29, 1.82) is 0 Å². The number of benzene rings is 1. The summed E-state index contributed by atoms with van der Waals surface area (Å²) in [4.78, 5) is 11.8. The van der Waals surface area contributed by atoms with Crippen LogP contribution in [0.4, 0.5) is 0 Å². The van der Waals surface area contributed by atoms with Crippen LogP contribution < -0.4 is 10.2 Å². The van der Waals surface area contributed by atoms with Crippen LogP contribution in [0.2, 0.25) is 0 Å². The Morgan fingerprint density at radius 1 is 1.24 bits per heavy atom. The molecule has 1 aromatic carbocycles. The normalized spacial score (nSPS) is 11.3. The number of rotatable bonds is 5. The fraction of sp³-hybridized carbons (Fsp3) is 0.250. The zero-order valence-electron chi connectivity index (χ0n) is 12.3. The predicted octanol–water partition coefficient (Wildman–Crippen LogP) is 2.68. The lowest BCUT2D eigenvalue weighted by Gasteiger charge is -2.03. The molecule has 0 fully saturated rings. The molecule has 0 spiro atoms. The Hall–Kier alpha value is -2.56. The van der Waals surface area contributed by atoms with Crippen LogP contribution >= 0.6 is 0 Å². The van der Waals surface area contributed by atoms with Crippen molar-refractivity contribution in [2.45, 2.75) is 20.3 Å². The Balaban J connectivity index is 1.92. The van der Waals surface area contributed by atoms with Crippen molar-refractivity contribution in [1.82, 2.24) is 5.43 Å². The van der Waals surface area contributed by atoms with Gasteiger partial charge in [0.2, 0.25) is 5.91 Å². The van der Waals surface area contributed by atoms with Gasteiger partial charge in [0.25, 0.3) is 0 Å². The third kappa shape index (κ3) is 4.21. The van der Waals surface area contributed by atoms with E-state index in [-0.39, 0.29) is 12.3 Å². The topological polar surface area (TPSA) is 63.8 Å². The van der Waals surface area contributed by atoms with Crippen LogP contribution in [-0.4, -0.2) is 18.7 Å². The van der Waals surface area contributed by atoms with Gasteiger partial charge in [0, 0.05) is 0 Å². The molecule has 1 N–H and O–H groups in total. The van der Waals surface area contributed by atoms with Crippen molar-refractivity contribution in [2.24, 2.45) is 5.10 Å². The van der Waals surface area contributed by atoms with Gasteiger partial charge in [-0.1, -0.05) is 12.1 Å². The second-order valence-corrected chi connectivity index (χ2v) is 4.67. The molecule has 0 aliphatic carbocycles. The summed E-state index contributed by atoms with van der Waals surface area (Å²) >= 11 is 0. The maximum atomic E-state index is 11.8. The van der Waals surface area contributed by atoms with E-state index in [0.717, 1.165) is 17.1 Å². The van der Waals surface area contributed by atoms with Gasteiger partial charge >= 0.3 is 0 Å². The van der Waals surface area contributed by atoms with E-state index in [9.17, 15) is 4.79 Å². The molecule has 2 aromatic rings. The van der Waals surface area contributed by atoms with Crippen LogP contribution in [-0.2, 0) is 11.2 Å². The lowest BCUT2D eigenvalue weighted by Crippen LogP contribution is -2.21. The van der Waals surface area contributed by atoms with Crippen LogP contribution in [0.15, 0.2) is 45.9 Å². The Morgan fingerprint density at radius 3 is 2.52 bits per heavy atom. The molecule has 5 heteroatoms. The highest BCUT2D eigenvalue weighted by atomic mass is 16.5. The number of nitrogens with zero attached hydrogens (tertiary/aromatic N) is 1. The van der Waals surface area contributed by atoms with E-state index in [0.29, 0.717) is 11.5 Å². The number of ether oxygens (including phenoxy) is 1. The molecule has 0 bridgehead atoms. The van der Waals surface area contributed by atoms with Gasteiger partial charge in [-0.05, 0) is 43.7 Å². The number of nitrogens with one attached hydrogen (secondary N) is 1. The van der Waals surface area contributed by atoms with E-state index in [2.05, 4.69) is 10.5 Å². The average Bonchev–Trinajstić information content (AvgIpc) is 2.92. The molecule has 5 nitrogen and oxygen atoms in total. The van der Waals surface area contributed by atoms with Gasteiger partial charge in [0.15, 0.2) is 0 Å². The lowest BCUT2D eigenvalue weighted by molar-refractivity contribution is -0.120. The minimum atomic E-state index is -0.178. The summed E-state index contributed by atoms with van der Waals surface area (Å²) in [5.74, 6) is 2.05. The number of furan rings is 1. The van der Waals surface area contributed by atoms with Gasteiger partial charge in [-0.15, -0.1) is 0 Å². The monoisotopic (exact) mass is 286 g/mol. The van der Waals surface area contributed by atoms with Crippen molar-refractivity contribution in [2.75, 3.05) is 7.11 Å². The summed E-state index contributed by atoms with van der Waals surface area (Å²) in [6.45, 7) is 3.64. The molecular weight excluding hydrogens is 268 g/mol. The zero-order valence-corrected chi connectivity index (χ0v) is 12.3. The van der Waals surface area contributed by atoms with Gasteiger partial charge in [0.05, 0.1) is 13.5 Å². The second-order valence-electron chi connectivity index (χ2n) is 4.67. The number of amides is 1. The van der Waals surface area contributed by atoms with E-state index < -0.39 is 0 Å². The van der Waals surface area contributed by atoms with Gasteiger partial charge < -0.3 is 9.15 Å². The number of methoxy groups -OCH3 is 1. The minimum absolute atomic E-state index is 0.178. The highest BCUT2D eigenvalue weighted by Crippen LogP contribution is 2.11. The number of carbonyl (C=O) groups is 1. The molecule has 0 radical (unpaired) electrons. The molecule has 2 rings (SSSR count). The number of aryl methyl sites for hydroxylation is 1. The number of hydrogen-bond donors (Lipinski definition) is 1. The maximum absolute atomic E-state index is 11.8. The first kappa shape index (κ1) is 14.8. The first-order chi connectivity index (χ1) is 10.1. The second kappa shape index (κ2) is 6.74. The highest BCUT2D eigenvalue weighted by molar-refractivity contribution is 5.96. The highest BCUT2D eigenvalue weighted by Gasteiger charge is 2.05. The van der Waals surface area contributed by atoms with Gasteiger partial charge in [-0.25, -0.2) is 5.43 Å². The van der Waals surface area contributed by atoms with E-state index in [1.54, 1.807) is 14.0 Å². The van der Waals surface area contributed by atoms with Crippen molar-refractivity contribution in [3.05, 3.63) is 53.5 Å². The van der Waals surface area contributed by atoms with E-state index in [4.69, 9.17) is 9.15 Å². The molecule has 0 saturated carbocycles. The van der Waals surface area contributed by atoms with E-state index in [1.165, 1.54) is 0 Å². The zero-order chi connectivity index (χ0) is 15.2. The summed E-state index contributed by atoms with van der Waals surface area (Å²) in [6, 6.07) is 11.0. The van der Waals surface area contributed by atoms with Gasteiger partial charge in [-0.2, -0.15) is 5.10 Å². The lowest BCUT2D eigenvalue weighted by atomic mass is 10.1. The third-order valence-corrected chi connectivity index (χ3v) is 2.97. The van der Waals surface area contributed by atoms with Crippen molar-refractivity contribution in [3.63, 3.8) is 0 Å². The molecule has 1 amide bonds. The molecule has 1 heterocycles. The van der Waals surface area contributed by atoms with Crippen molar-refractivity contribution >= 4 is 11.6 Å². The Kier molecular flexibility index (Phi) is 4.77. The van der Waals surface area contributed by atoms with Gasteiger partial charge in [-0.3, -0.25) is 4.79 Å². The Morgan fingerprint density at radius 2 is 1.95 bits per heavy atom. The van der Waals surface area contributed by atoms with E-state index >= 15 is 0 Å². The maximum Gasteiger partial charge on any atom is 0.244 e. The summed E-state index contributed by atoms with van der Waals surface area (Å²) in [5.41, 5.74) is 4.05. The smallest absolute Gasteiger partial charge is 0.244 e. The molecule has 0 aliphatic rings. The van der Waals surface area contributed by atoms with Crippen LogP contribution in [0.3, 0.4) is 0 Å². The molecular formula is C16H18N2O3. The molecule has 0 unspecified atom stereocenters. The first-order valence-corrected chi connectivity index (χ1v) is 6.61. The number of hydrazone groups is 1. The molecule has 0 saturated heterocycles. The van der Waals surface area contributed by atoms with Crippen LogP contribution in [0, 0.1) is 6.92 Å². The van der Waals surface area contributed by atoms with Crippen molar-refractivity contribution in [3.8, 4) is 5.75 Å².